The molecule has 0 aromatic carbocycles. The Morgan fingerprint density at radius 3 is 2.06 bits per heavy atom. The van der Waals surface area contributed by atoms with Crippen molar-refractivity contribution in [2.45, 2.75) is 40.2 Å². The molecule has 6 heteroatoms. The van der Waals surface area contributed by atoms with Crippen LogP contribution in [0, 0.1) is 5.92 Å². The van der Waals surface area contributed by atoms with E-state index in [-0.39, 0.29) is 11.6 Å². The van der Waals surface area contributed by atoms with Crippen molar-refractivity contribution in [3.8, 4) is 0 Å². The van der Waals surface area contributed by atoms with E-state index in [2.05, 4.69) is 26.0 Å². The number of allylic oxidation sites excluding steroid dienone is 1. The summed E-state index contributed by atoms with van der Waals surface area (Å²) in [5.74, 6) is -0.588. The zero-order chi connectivity index (χ0) is 14.5. The maximum atomic E-state index is 11.6. The largest absolute Gasteiger partial charge is 0.464 e. The zero-order valence-electron chi connectivity index (χ0n) is 11.6. The molecule has 0 saturated carbocycles. The highest BCUT2D eigenvalue weighted by Gasteiger charge is 2.23. The highest BCUT2D eigenvalue weighted by molar-refractivity contribution is 9.11. The van der Waals surface area contributed by atoms with Gasteiger partial charge >= 0.3 is 12.1 Å². The van der Waals surface area contributed by atoms with Crippen LogP contribution in [0.1, 0.15) is 34.6 Å². The van der Waals surface area contributed by atoms with E-state index < -0.39 is 17.7 Å². The Balaban J connectivity index is 5.00. The lowest BCUT2D eigenvalue weighted by molar-refractivity contribution is -0.136. The van der Waals surface area contributed by atoms with Crippen molar-refractivity contribution in [1.82, 2.24) is 5.32 Å². The fraction of sp³-hybridized carbons (Fsp3) is 0.667. The number of carbonyl (C=O) groups excluding carboxylic acids is 2. The molecule has 0 rings (SSSR count). The van der Waals surface area contributed by atoms with Gasteiger partial charge in [-0.2, -0.15) is 0 Å². The van der Waals surface area contributed by atoms with Gasteiger partial charge in [-0.05, 0) is 26.7 Å². The maximum Gasteiger partial charge on any atom is 0.412 e. The zero-order valence-corrected chi connectivity index (χ0v) is 13.2. The molecule has 0 fully saturated rings. The van der Waals surface area contributed by atoms with E-state index in [1.807, 2.05) is 13.8 Å². The van der Waals surface area contributed by atoms with Gasteiger partial charge in [0.2, 0.25) is 0 Å². The normalized spacial score (nSPS) is 12.9. The van der Waals surface area contributed by atoms with Crippen LogP contribution in [0.25, 0.3) is 0 Å². The summed E-state index contributed by atoms with van der Waals surface area (Å²) in [6.45, 7) is 8.98. The van der Waals surface area contributed by atoms with Crippen LogP contribution in [0.3, 0.4) is 0 Å². The number of halogens is 1. The molecule has 0 spiro atoms. The third-order valence-corrected chi connectivity index (χ3v) is 3.07. The van der Waals surface area contributed by atoms with Crippen molar-refractivity contribution >= 4 is 28.0 Å². The van der Waals surface area contributed by atoms with E-state index in [1.165, 1.54) is 7.11 Å². The Kier molecular flexibility index (Phi) is 6.38. The number of carbonyl (C=O) groups is 2. The van der Waals surface area contributed by atoms with Crippen molar-refractivity contribution in [2.75, 3.05) is 7.11 Å². The second-order valence-electron chi connectivity index (χ2n) is 5.00. The highest BCUT2D eigenvalue weighted by Crippen LogP contribution is 2.21. The number of methoxy groups -OCH3 is 1. The van der Waals surface area contributed by atoms with Crippen LogP contribution >= 0.6 is 15.9 Å². The van der Waals surface area contributed by atoms with Crippen LogP contribution in [-0.4, -0.2) is 24.8 Å². The predicted octanol–water partition coefficient (Wildman–Crippen LogP) is 2.95. The molecule has 0 bridgehead atoms. The van der Waals surface area contributed by atoms with Gasteiger partial charge in [0, 0.05) is 4.48 Å². The van der Waals surface area contributed by atoms with Crippen molar-refractivity contribution < 1.29 is 19.1 Å². The second kappa shape index (κ2) is 6.78. The summed E-state index contributed by atoms with van der Waals surface area (Å²) in [6.07, 6.45) is -0.694. The highest BCUT2D eigenvalue weighted by atomic mass is 79.9. The Labute approximate surface area is 116 Å². The van der Waals surface area contributed by atoms with E-state index in [0.717, 1.165) is 0 Å². The van der Waals surface area contributed by atoms with Gasteiger partial charge < -0.3 is 9.47 Å². The minimum atomic E-state index is -0.694. The third kappa shape index (κ3) is 6.05. The molecule has 1 amide bonds. The van der Waals surface area contributed by atoms with Crippen LogP contribution in [0.5, 0.6) is 0 Å². The Bertz CT molecular complexity index is 356. The first-order valence-corrected chi connectivity index (χ1v) is 6.35. The van der Waals surface area contributed by atoms with E-state index in [9.17, 15) is 9.59 Å². The summed E-state index contributed by atoms with van der Waals surface area (Å²) >= 11 is 3.27. The number of rotatable bonds is 3. The molecular weight excluding hydrogens is 302 g/mol. The minimum absolute atomic E-state index is 0.0361. The van der Waals surface area contributed by atoms with E-state index in [1.54, 1.807) is 20.8 Å². The van der Waals surface area contributed by atoms with Crippen molar-refractivity contribution in [3.63, 3.8) is 0 Å². The van der Waals surface area contributed by atoms with Crippen molar-refractivity contribution in [2.24, 2.45) is 5.92 Å². The fourth-order valence-corrected chi connectivity index (χ4v) is 1.27. The minimum Gasteiger partial charge on any atom is -0.464 e. The summed E-state index contributed by atoms with van der Waals surface area (Å²) < 4.78 is 10.3. The molecule has 0 radical (unpaired) electrons. The Morgan fingerprint density at radius 2 is 1.72 bits per heavy atom. The molecule has 5 nitrogen and oxygen atoms in total. The molecule has 0 aromatic heterocycles. The number of ether oxygens (including phenoxy) is 2. The molecular formula is C12H20BrNO4. The first-order valence-electron chi connectivity index (χ1n) is 5.56. The quantitative estimate of drug-likeness (QED) is 0.641. The second-order valence-corrected chi connectivity index (χ2v) is 5.85. The van der Waals surface area contributed by atoms with Crippen LogP contribution < -0.4 is 5.32 Å². The molecule has 0 atom stereocenters. The monoisotopic (exact) mass is 321 g/mol. The summed E-state index contributed by atoms with van der Waals surface area (Å²) in [4.78, 5) is 23.2. The molecule has 0 saturated heterocycles. The molecule has 0 aliphatic heterocycles. The molecule has 0 unspecified atom stereocenters. The van der Waals surface area contributed by atoms with Crippen LogP contribution in [0.2, 0.25) is 0 Å². The molecule has 0 heterocycles. The van der Waals surface area contributed by atoms with Gasteiger partial charge in [0.15, 0.2) is 0 Å². The number of hydrogen-bond donors (Lipinski definition) is 1. The predicted molar refractivity (Wildman–Crippen MR) is 72.2 cm³/mol. The summed E-state index contributed by atoms with van der Waals surface area (Å²) in [5, 5.41) is 2.40. The SMILES string of the molecule is COC(=O)/C(NC(=O)OC(C)(C)C)=C(/Br)C(C)C. The average Bonchev–Trinajstić information content (AvgIpc) is 2.21. The molecule has 0 aliphatic rings. The lowest BCUT2D eigenvalue weighted by Gasteiger charge is -2.20. The third-order valence-electron chi connectivity index (χ3n) is 1.76. The smallest absolute Gasteiger partial charge is 0.412 e. The number of nitrogens with one attached hydrogen (secondary N) is 1. The lowest BCUT2D eigenvalue weighted by atomic mass is 10.2. The molecule has 0 aromatic rings. The maximum absolute atomic E-state index is 11.6. The van der Waals surface area contributed by atoms with E-state index >= 15 is 0 Å². The van der Waals surface area contributed by atoms with Crippen LogP contribution in [-0.2, 0) is 14.3 Å². The van der Waals surface area contributed by atoms with E-state index in [0.29, 0.717) is 4.48 Å². The van der Waals surface area contributed by atoms with Gasteiger partial charge in [0.1, 0.15) is 11.3 Å². The number of hydrogen-bond acceptors (Lipinski definition) is 4. The van der Waals surface area contributed by atoms with Gasteiger partial charge in [-0.15, -0.1) is 0 Å². The molecule has 0 aliphatic carbocycles. The van der Waals surface area contributed by atoms with Crippen molar-refractivity contribution in [3.05, 3.63) is 10.2 Å². The number of esters is 1. The average molecular weight is 322 g/mol. The Hall–Kier alpha value is -1.04. The summed E-state index contributed by atoms with van der Waals surface area (Å²) in [6, 6.07) is 0. The first kappa shape index (κ1) is 17.0. The standard InChI is InChI=1S/C12H20BrNO4/c1-7(2)8(13)9(10(15)17-6)14-11(16)18-12(3,4)5/h7H,1-6H3,(H,14,16)/b9-8-. The van der Waals surface area contributed by atoms with E-state index in [4.69, 9.17) is 4.74 Å². The number of amides is 1. The molecule has 1 N–H and O–H groups in total. The fourth-order valence-electron chi connectivity index (χ4n) is 1.00. The molecule has 18 heavy (non-hydrogen) atoms. The van der Waals surface area contributed by atoms with Crippen LogP contribution in [0.4, 0.5) is 4.79 Å². The first-order chi connectivity index (χ1) is 8.08. The van der Waals surface area contributed by atoms with Crippen molar-refractivity contribution in [1.29, 1.82) is 0 Å². The number of alkyl carbamates (subject to hydrolysis) is 1. The Morgan fingerprint density at radius 1 is 1.22 bits per heavy atom. The summed E-state index contributed by atoms with van der Waals surface area (Å²) in [5.41, 5.74) is -0.572. The van der Waals surface area contributed by atoms with Crippen LogP contribution in [0.15, 0.2) is 10.2 Å². The van der Waals surface area contributed by atoms with Gasteiger partial charge in [0.05, 0.1) is 7.11 Å². The molecule has 104 valence electrons. The summed E-state index contributed by atoms with van der Waals surface area (Å²) in [7, 11) is 1.25. The lowest BCUT2D eigenvalue weighted by Crippen LogP contribution is -2.35. The van der Waals surface area contributed by atoms with Gasteiger partial charge in [0.25, 0.3) is 0 Å². The van der Waals surface area contributed by atoms with Gasteiger partial charge in [-0.3, -0.25) is 5.32 Å². The topological polar surface area (TPSA) is 64.6 Å². The van der Waals surface area contributed by atoms with Gasteiger partial charge in [-0.1, -0.05) is 29.8 Å². The van der Waals surface area contributed by atoms with Gasteiger partial charge in [-0.25, -0.2) is 9.59 Å².